The zero-order chi connectivity index (χ0) is 17.1. The summed E-state index contributed by atoms with van der Waals surface area (Å²) in [6.45, 7) is 4.67. The van der Waals surface area contributed by atoms with Gasteiger partial charge in [0.25, 0.3) is 0 Å². The summed E-state index contributed by atoms with van der Waals surface area (Å²) < 4.78 is 0. The molecular formula is C23H28O. The van der Waals surface area contributed by atoms with Crippen LogP contribution in [-0.2, 0) is 4.79 Å². The van der Waals surface area contributed by atoms with Crippen LogP contribution in [0.15, 0.2) is 11.6 Å². The Balaban J connectivity index is 1.68. The molecule has 0 radical (unpaired) electrons. The fraction of sp³-hybridized carbons (Fsp3) is 0.696. The van der Waals surface area contributed by atoms with Gasteiger partial charge in [0.1, 0.15) is 0 Å². The smallest absolute Gasteiger partial charge is 0.153 e. The first-order chi connectivity index (χ1) is 11.4. The molecule has 0 aromatic rings. The fourth-order valence-corrected chi connectivity index (χ4v) is 6.77. The summed E-state index contributed by atoms with van der Waals surface area (Å²) in [7, 11) is 0. The Bertz CT molecular complexity index is 686. The molecular weight excluding hydrogens is 292 g/mol. The van der Waals surface area contributed by atoms with Crippen molar-refractivity contribution in [3.63, 3.8) is 0 Å². The quantitative estimate of drug-likeness (QED) is 0.470. The van der Waals surface area contributed by atoms with Crippen LogP contribution in [0.2, 0.25) is 0 Å². The van der Waals surface area contributed by atoms with Gasteiger partial charge in [-0.2, -0.15) is 0 Å². The second-order valence-electron chi connectivity index (χ2n) is 9.14. The molecule has 0 aliphatic heterocycles. The van der Waals surface area contributed by atoms with Gasteiger partial charge in [-0.3, -0.25) is 4.79 Å². The average Bonchev–Trinajstić information content (AvgIpc) is 2.85. The van der Waals surface area contributed by atoms with Gasteiger partial charge >= 0.3 is 0 Å². The predicted octanol–water partition coefficient (Wildman–Crippen LogP) is 4.63. The van der Waals surface area contributed by atoms with Crippen molar-refractivity contribution in [3.05, 3.63) is 11.6 Å². The maximum absolute atomic E-state index is 12.8. The topological polar surface area (TPSA) is 17.1 Å². The van der Waals surface area contributed by atoms with Gasteiger partial charge in [-0.1, -0.05) is 31.4 Å². The number of rotatable bonds is 0. The molecule has 1 heteroatoms. The van der Waals surface area contributed by atoms with Gasteiger partial charge in [0.05, 0.1) is 5.92 Å². The van der Waals surface area contributed by atoms with Crippen LogP contribution in [0, 0.1) is 65.1 Å². The van der Waals surface area contributed by atoms with Crippen LogP contribution in [-0.4, -0.2) is 5.78 Å². The van der Waals surface area contributed by atoms with Crippen LogP contribution in [0.4, 0.5) is 0 Å². The zero-order valence-electron chi connectivity index (χ0n) is 15.0. The lowest BCUT2D eigenvalue weighted by molar-refractivity contribution is -0.133. The van der Waals surface area contributed by atoms with Crippen LogP contribution in [0.1, 0.15) is 58.8 Å². The number of allylic oxidation sites excluding steroid dienone is 2. The van der Waals surface area contributed by atoms with E-state index in [1.165, 1.54) is 12.8 Å². The highest BCUT2D eigenvalue weighted by molar-refractivity contribution is 5.91. The predicted molar refractivity (Wildman–Crippen MR) is 96.7 cm³/mol. The first kappa shape index (κ1) is 16.0. The largest absolute Gasteiger partial charge is 0.298 e. The minimum Gasteiger partial charge on any atom is -0.298 e. The number of carbonyl (C=O) groups is 1. The van der Waals surface area contributed by atoms with Crippen molar-refractivity contribution >= 4 is 5.78 Å². The summed E-state index contributed by atoms with van der Waals surface area (Å²) in [4.78, 5) is 12.8. The van der Waals surface area contributed by atoms with Crippen molar-refractivity contribution in [2.45, 2.75) is 58.8 Å². The van der Waals surface area contributed by atoms with E-state index in [0.717, 1.165) is 32.1 Å². The molecule has 1 nitrogen and oxygen atoms in total. The zero-order valence-corrected chi connectivity index (χ0v) is 15.0. The fourth-order valence-electron chi connectivity index (χ4n) is 6.77. The molecule has 0 bridgehead atoms. The molecule has 0 aromatic carbocycles. The second-order valence-corrected chi connectivity index (χ2v) is 9.14. The third-order valence-corrected chi connectivity index (χ3v) is 8.30. The summed E-state index contributed by atoms with van der Waals surface area (Å²) in [5.41, 5.74) is 1.74. The SMILES string of the molecule is C#CC1CC[C@@]2(C)C(=CC[C@@H]3[C@H]2CC[C@]2(C)C(=O)C(C#C)C[C@@H]32)C1. The van der Waals surface area contributed by atoms with E-state index in [2.05, 4.69) is 31.8 Å². The number of ketones is 1. The Morgan fingerprint density at radius 1 is 1.08 bits per heavy atom. The first-order valence-electron chi connectivity index (χ1n) is 9.60. The lowest BCUT2D eigenvalue weighted by atomic mass is 9.47. The van der Waals surface area contributed by atoms with E-state index in [-0.39, 0.29) is 11.3 Å². The molecule has 4 aliphatic carbocycles. The van der Waals surface area contributed by atoms with Gasteiger partial charge in [0, 0.05) is 11.3 Å². The molecule has 4 rings (SSSR count). The van der Waals surface area contributed by atoms with Crippen molar-refractivity contribution in [2.24, 2.45) is 40.4 Å². The van der Waals surface area contributed by atoms with Crippen molar-refractivity contribution in [1.82, 2.24) is 0 Å². The molecule has 3 saturated carbocycles. The molecule has 0 aromatic heterocycles. The highest BCUT2D eigenvalue weighted by atomic mass is 16.1. The van der Waals surface area contributed by atoms with Gasteiger partial charge in [0.15, 0.2) is 5.78 Å². The van der Waals surface area contributed by atoms with Crippen molar-refractivity contribution in [3.8, 4) is 24.7 Å². The van der Waals surface area contributed by atoms with E-state index in [1.807, 2.05) is 0 Å². The van der Waals surface area contributed by atoms with Crippen LogP contribution >= 0.6 is 0 Å². The van der Waals surface area contributed by atoms with Crippen LogP contribution in [0.25, 0.3) is 0 Å². The molecule has 0 heterocycles. The van der Waals surface area contributed by atoms with Crippen molar-refractivity contribution in [1.29, 1.82) is 0 Å². The van der Waals surface area contributed by atoms with E-state index >= 15 is 0 Å². The molecule has 24 heavy (non-hydrogen) atoms. The highest BCUT2D eigenvalue weighted by Gasteiger charge is 2.60. The number of fused-ring (bicyclic) bond motifs is 5. The van der Waals surface area contributed by atoms with Crippen LogP contribution in [0.3, 0.4) is 0 Å². The number of carbonyl (C=O) groups excluding carboxylic acids is 1. The standard InChI is InChI=1S/C23H28O/c1-5-15-9-11-22(3)17(13-15)7-8-18-19(22)10-12-23(4)20(18)14-16(6-2)21(23)24/h1-2,7,15-16,18-20H,8-14H2,3-4H3/t15?,16?,18-,19-,20+,22+,23+/m1/s1. The maximum Gasteiger partial charge on any atom is 0.153 e. The summed E-state index contributed by atoms with van der Waals surface area (Å²) in [6, 6.07) is 0. The highest BCUT2D eigenvalue weighted by Crippen LogP contribution is 2.64. The molecule has 7 atom stereocenters. The Morgan fingerprint density at radius 3 is 2.54 bits per heavy atom. The van der Waals surface area contributed by atoms with Crippen LogP contribution in [0.5, 0.6) is 0 Å². The molecule has 0 saturated heterocycles. The summed E-state index contributed by atoms with van der Waals surface area (Å²) in [5, 5.41) is 0. The Labute approximate surface area is 146 Å². The number of terminal acetylenes is 2. The lowest BCUT2D eigenvalue weighted by Gasteiger charge is -2.56. The monoisotopic (exact) mass is 320 g/mol. The molecule has 2 unspecified atom stereocenters. The van der Waals surface area contributed by atoms with Crippen molar-refractivity contribution < 1.29 is 4.79 Å². The van der Waals surface area contributed by atoms with Gasteiger partial charge in [0.2, 0.25) is 0 Å². The van der Waals surface area contributed by atoms with Crippen molar-refractivity contribution in [2.75, 3.05) is 0 Å². The third-order valence-electron chi connectivity index (χ3n) is 8.30. The Morgan fingerprint density at radius 2 is 1.83 bits per heavy atom. The summed E-state index contributed by atoms with van der Waals surface area (Å²) in [5.74, 6) is 8.21. The molecule has 126 valence electrons. The number of hydrogen-bond donors (Lipinski definition) is 0. The molecule has 4 aliphatic rings. The van der Waals surface area contributed by atoms with E-state index in [4.69, 9.17) is 12.8 Å². The van der Waals surface area contributed by atoms with E-state index in [0.29, 0.717) is 34.9 Å². The van der Waals surface area contributed by atoms with Gasteiger partial charge in [-0.15, -0.1) is 18.8 Å². The third kappa shape index (κ3) is 1.94. The van der Waals surface area contributed by atoms with Crippen LogP contribution < -0.4 is 0 Å². The van der Waals surface area contributed by atoms with Gasteiger partial charge < -0.3 is 0 Å². The number of Topliss-reactive ketones (excluding diaryl/α,β-unsaturated/α-hetero) is 1. The minimum atomic E-state index is -0.171. The summed E-state index contributed by atoms with van der Waals surface area (Å²) >= 11 is 0. The van der Waals surface area contributed by atoms with E-state index in [1.54, 1.807) is 5.57 Å². The average molecular weight is 320 g/mol. The van der Waals surface area contributed by atoms with Gasteiger partial charge in [-0.05, 0) is 68.1 Å². The lowest BCUT2D eigenvalue weighted by Crippen LogP contribution is -2.50. The maximum atomic E-state index is 12.8. The van der Waals surface area contributed by atoms with E-state index in [9.17, 15) is 4.79 Å². The van der Waals surface area contributed by atoms with Gasteiger partial charge in [-0.25, -0.2) is 0 Å². The Hall–Kier alpha value is -1.47. The first-order valence-corrected chi connectivity index (χ1v) is 9.60. The minimum absolute atomic E-state index is 0.144. The number of hydrogen-bond acceptors (Lipinski definition) is 1. The molecule has 3 fully saturated rings. The molecule has 0 spiro atoms. The molecule has 0 N–H and O–H groups in total. The van der Waals surface area contributed by atoms with E-state index < -0.39 is 0 Å². The second kappa shape index (κ2) is 5.26. The summed E-state index contributed by atoms with van der Waals surface area (Å²) in [6.07, 6.45) is 21.6. The normalized spacial score (nSPS) is 49.9. The Kier molecular flexibility index (Phi) is 3.51. The molecule has 0 amide bonds.